The van der Waals surface area contributed by atoms with Crippen LogP contribution in [0.2, 0.25) is 0 Å². The van der Waals surface area contributed by atoms with Crippen molar-refractivity contribution in [3.63, 3.8) is 0 Å². The van der Waals surface area contributed by atoms with E-state index in [4.69, 9.17) is 58.0 Å². The van der Waals surface area contributed by atoms with Crippen LogP contribution < -0.4 is 0 Å². The molecule has 4 aliphatic carbocycles. The van der Waals surface area contributed by atoms with E-state index in [1.807, 2.05) is 48.5 Å². The molecule has 0 heterocycles. The number of rotatable bonds is 20. The van der Waals surface area contributed by atoms with Crippen molar-refractivity contribution in [3.8, 4) is 0 Å². The lowest BCUT2D eigenvalue weighted by Crippen LogP contribution is -2.54. The summed E-state index contributed by atoms with van der Waals surface area (Å²) in [5.74, 6) is -3.12. The maximum Gasteiger partial charge on any atom is 0.550 e. The summed E-state index contributed by atoms with van der Waals surface area (Å²) in [6, 6.07) is 27.5. The highest BCUT2D eigenvalue weighted by Gasteiger charge is 2.57. The zero-order valence-electron chi connectivity index (χ0n) is 51.5. The monoisotopic (exact) mass is 1230 g/mol. The van der Waals surface area contributed by atoms with Gasteiger partial charge in [-0.1, -0.05) is 102 Å². The van der Waals surface area contributed by atoms with Gasteiger partial charge in [-0.05, 0) is 228 Å². The molecule has 0 radical (unpaired) electrons. The molecule has 4 saturated carbocycles. The van der Waals surface area contributed by atoms with E-state index in [1.54, 1.807) is 48.5 Å². The highest BCUT2D eigenvalue weighted by Crippen LogP contribution is 2.63. The summed E-state index contributed by atoms with van der Waals surface area (Å²) < 4.78 is 23.1. The lowest BCUT2D eigenvalue weighted by atomic mass is 9.45. The summed E-state index contributed by atoms with van der Waals surface area (Å²) in [5, 5.41) is 0. The van der Waals surface area contributed by atoms with E-state index in [2.05, 4.69) is 27.7 Å². The van der Waals surface area contributed by atoms with E-state index < -0.39 is 78.3 Å². The van der Waals surface area contributed by atoms with Crippen molar-refractivity contribution in [2.24, 2.45) is 29.1 Å². The van der Waals surface area contributed by atoms with Gasteiger partial charge in [0.1, 0.15) is 24.4 Å². The zero-order valence-corrected chi connectivity index (χ0v) is 51.5. The summed E-state index contributed by atoms with van der Waals surface area (Å²) >= 11 is 0. The maximum atomic E-state index is 13.1. The molecular formula is C69H84O20. The molecule has 0 N–H and O–H groups in total. The quantitative estimate of drug-likeness (QED) is 0.0345. The summed E-state index contributed by atoms with van der Waals surface area (Å²) in [6.07, 6.45) is 9.31. The second-order valence-corrected chi connectivity index (χ2v) is 24.0. The molecule has 0 saturated heterocycles. The Kier molecular flexibility index (Phi) is 25.1. The van der Waals surface area contributed by atoms with E-state index in [9.17, 15) is 38.4 Å². The molecule has 0 bridgehead atoms. The van der Waals surface area contributed by atoms with Crippen LogP contribution in [0.3, 0.4) is 0 Å². The fourth-order valence-corrected chi connectivity index (χ4v) is 14.2. The normalized spacial score (nSPS) is 22.2. The Morgan fingerprint density at radius 2 is 0.461 bits per heavy atom. The van der Waals surface area contributed by atoms with E-state index in [0.29, 0.717) is 103 Å². The van der Waals surface area contributed by atoms with Crippen LogP contribution in [0.1, 0.15) is 220 Å². The van der Waals surface area contributed by atoms with Crippen LogP contribution in [0.4, 0.5) is 19.2 Å². The van der Waals surface area contributed by atoms with Crippen molar-refractivity contribution in [2.75, 3.05) is 0 Å². The first-order valence-electron chi connectivity index (χ1n) is 31.9. The van der Waals surface area contributed by atoms with Gasteiger partial charge in [0.15, 0.2) is 0 Å². The Morgan fingerprint density at radius 3 is 0.629 bits per heavy atom. The number of carbonyl (C=O) groups excluding carboxylic acids is 8. The van der Waals surface area contributed by atoms with Crippen LogP contribution in [0.15, 0.2) is 97.1 Å². The van der Waals surface area contributed by atoms with Gasteiger partial charge in [0.2, 0.25) is 0 Å². The molecule has 0 atom stereocenters. The summed E-state index contributed by atoms with van der Waals surface area (Å²) in [7, 11) is 0. The van der Waals surface area contributed by atoms with Gasteiger partial charge >= 0.3 is 48.5 Å². The first-order chi connectivity index (χ1) is 43.2. The molecule has 0 aromatic heterocycles. The molecular weight excluding hydrogens is 1150 g/mol. The molecule has 89 heavy (non-hydrogen) atoms. The number of carbonyl (C=O) groups is 8. The minimum absolute atomic E-state index is 0.0560. The van der Waals surface area contributed by atoms with Crippen molar-refractivity contribution in [1.29, 1.82) is 0 Å². The average Bonchev–Trinajstić information content (AvgIpc) is 1.24. The Labute approximate surface area is 519 Å². The lowest BCUT2D eigenvalue weighted by molar-refractivity contribution is -0.213. The van der Waals surface area contributed by atoms with Crippen molar-refractivity contribution in [1.82, 2.24) is 0 Å². The predicted octanol–water partition coefficient (Wildman–Crippen LogP) is 15.7. The summed E-state index contributed by atoms with van der Waals surface area (Å²) in [4.78, 5) is 143. The van der Waals surface area contributed by atoms with E-state index in [0.717, 1.165) is 73.6 Å². The Morgan fingerprint density at radius 1 is 0.281 bits per heavy atom. The first kappa shape index (κ1) is 66.8. The number of hydrogen-bond acceptors (Lipinski definition) is 20. The molecule has 0 unspecified atom stereocenters. The highest BCUT2D eigenvalue weighted by molar-refractivity contribution is 5.91. The molecule has 8 rings (SSSR count). The average molecular weight is 1230 g/mol. The largest absolute Gasteiger partial charge is 0.550 e. The van der Waals surface area contributed by atoms with Gasteiger partial charge in [-0.3, -0.25) is 0 Å². The molecule has 4 fully saturated rings. The molecule has 480 valence electrons. The molecule has 4 aromatic carbocycles. The van der Waals surface area contributed by atoms with Crippen molar-refractivity contribution in [3.05, 3.63) is 142 Å². The van der Waals surface area contributed by atoms with Gasteiger partial charge in [0.25, 0.3) is 0 Å². The molecule has 20 nitrogen and oxygen atoms in total. The van der Waals surface area contributed by atoms with Gasteiger partial charge in [0, 0.05) is 0 Å². The van der Waals surface area contributed by atoms with Crippen molar-refractivity contribution in [2.45, 2.75) is 206 Å². The maximum absolute atomic E-state index is 13.1. The zero-order chi connectivity index (χ0) is 63.1. The minimum Gasteiger partial charge on any atom is -0.428 e. The van der Waals surface area contributed by atoms with Gasteiger partial charge in [-0.15, -0.1) is 0 Å². The topological polar surface area (TPSA) is 247 Å². The molecule has 20 heteroatoms. The fourth-order valence-electron chi connectivity index (χ4n) is 14.2. The van der Waals surface area contributed by atoms with E-state index in [-0.39, 0.29) is 45.9 Å². The molecule has 0 aliphatic heterocycles. The van der Waals surface area contributed by atoms with E-state index in [1.165, 1.54) is 0 Å². The van der Waals surface area contributed by atoms with Crippen LogP contribution in [0.25, 0.3) is 0 Å². The van der Waals surface area contributed by atoms with Gasteiger partial charge in [-0.2, -0.15) is 19.2 Å². The van der Waals surface area contributed by atoms with Gasteiger partial charge in [-0.25, -0.2) is 58.3 Å². The number of hydrogen-bond donors (Lipinski definition) is 0. The third-order valence-corrected chi connectivity index (χ3v) is 18.2. The van der Waals surface area contributed by atoms with Crippen molar-refractivity contribution < 1.29 is 96.4 Å². The molecule has 0 amide bonds. The summed E-state index contributed by atoms with van der Waals surface area (Å²) in [6.45, 7) is 8.24. The van der Waals surface area contributed by atoms with Crippen LogP contribution >= 0.6 is 0 Å². The standard InChI is InChI=1S/C69H84O20/c1-5-9-45-13-21-49(22-14-45)61(70)82-86-65(74)78-57-37-29-53(30-38-57)69(54-31-39-58(40-32-54)79-66(75)87-83-62(71)50-23-15-46(10-6-2)16-24-50,55-33-41-59(42-34-55)80-67(76)88-84-63(72)51-25-17-47(11-7-3)18-26-51)56-35-43-60(44-36-56)81-68(77)89-85-64(73)52-27-19-48(12-8-4)20-28-52/h13-28,53-60H,5-12,29-44H2,1-4H3. The second-order valence-electron chi connectivity index (χ2n) is 24.0. The molecule has 0 spiro atoms. The second kappa shape index (κ2) is 33.4. The Bertz CT molecular complexity index is 2540. The fraction of sp³-hybridized carbons (Fsp3) is 0.536. The molecule has 4 aliphatic rings. The molecule has 4 aromatic rings. The van der Waals surface area contributed by atoms with Crippen LogP contribution in [0, 0.1) is 29.1 Å². The number of ether oxygens (including phenoxy) is 4. The third-order valence-electron chi connectivity index (χ3n) is 18.2. The highest BCUT2D eigenvalue weighted by atomic mass is 17.3. The predicted molar refractivity (Wildman–Crippen MR) is 319 cm³/mol. The number of aryl methyl sites for hydroxylation is 4. The Balaban J connectivity index is 0.962. The first-order valence-corrected chi connectivity index (χ1v) is 31.9. The van der Waals surface area contributed by atoms with Crippen molar-refractivity contribution >= 4 is 48.5 Å². The van der Waals surface area contributed by atoms with E-state index >= 15 is 0 Å². The lowest BCUT2D eigenvalue weighted by Gasteiger charge is -2.60. The SMILES string of the molecule is CCCc1ccc(C(=O)OOC(=O)OC2CCC(C(C3CCC(OC(=O)OOC(=O)c4ccc(CCC)cc4)CC3)(C3CCC(OC(=O)OOC(=O)c4ccc(CCC)cc4)CC3)C3CCC(OC(=O)OOC(=O)c4ccc(CCC)cc4)CC3)CC2)cc1. The van der Waals surface area contributed by atoms with Gasteiger partial charge in [0.05, 0.1) is 22.3 Å². The van der Waals surface area contributed by atoms with Gasteiger partial charge < -0.3 is 18.9 Å². The number of benzene rings is 4. The van der Waals surface area contributed by atoms with Crippen LogP contribution in [-0.2, 0) is 83.7 Å². The van der Waals surface area contributed by atoms with Crippen LogP contribution in [-0.4, -0.2) is 72.9 Å². The van der Waals surface area contributed by atoms with Crippen LogP contribution in [0.5, 0.6) is 0 Å². The smallest absolute Gasteiger partial charge is 0.428 e. The Hall–Kier alpha value is -8.16. The minimum atomic E-state index is -1.14. The summed E-state index contributed by atoms with van der Waals surface area (Å²) in [5.41, 5.74) is 4.69. The third kappa shape index (κ3) is 18.9.